The predicted molar refractivity (Wildman–Crippen MR) is 127 cm³/mol. The smallest absolute Gasteiger partial charge is 0.255 e. The zero-order valence-corrected chi connectivity index (χ0v) is 19.1. The van der Waals surface area contributed by atoms with Gasteiger partial charge in [0, 0.05) is 30.6 Å². The number of sulfone groups is 1. The molecule has 0 bridgehead atoms. The molecule has 0 spiro atoms. The van der Waals surface area contributed by atoms with Gasteiger partial charge in [-0.3, -0.25) is 4.79 Å². The molecule has 0 unspecified atom stereocenters. The minimum atomic E-state index is -3.25. The third kappa shape index (κ3) is 7.21. The first kappa shape index (κ1) is 23.5. The van der Waals surface area contributed by atoms with Gasteiger partial charge in [0.1, 0.15) is 5.75 Å². The van der Waals surface area contributed by atoms with Gasteiger partial charge >= 0.3 is 0 Å². The van der Waals surface area contributed by atoms with E-state index in [-0.39, 0.29) is 10.8 Å². The Hall–Kier alpha value is -3.16. The Kier molecular flexibility index (Phi) is 8.03. The lowest BCUT2D eigenvalue weighted by Gasteiger charge is -2.17. The minimum Gasteiger partial charge on any atom is -0.494 e. The Balaban J connectivity index is 1.46. The number of ether oxygens (including phenoxy) is 1. The molecule has 0 aliphatic heterocycles. The molecule has 32 heavy (non-hydrogen) atoms. The molecule has 1 N–H and O–H groups in total. The van der Waals surface area contributed by atoms with Gasteiger partial charge < -0.3 is 15.0 Å². The van der Waals surface area contributed by atoms with Crippen molar-refractivity contribution in [3.8, 4) is 5.75 Å². The van der Waals surface area contributed by atoms with E-state index in [0.29, 0.717) is 24.5 Å². The van der Waals surface area contributed by atoms with Gasteiger partial charge in [0.05, 0.1) is 11.5 Å². The van der Waals surface area contributed by atoms with Crippen LogP contribution in [0.15, 0.2) is 83.8 Å². The standard InChI is InChI=1S/C25H28N2O4S/c1-27(15-8-16-31-23-13-7-14-24(18-23)32(2,29)30)19-20-9-6-10-21(17-20)25(28)26-22-11-4-3-5-12-22/h3-7,9-14,17-18H,8,15-16,19H2,1-2H3,(H,26,28). The van der Waals surface area contributed by atoms with Crippen LogP contribution in [0.2, 0.25) is 0 Å². The molecule has 0 aliphatic carbocycles. The van der Waals surface area contributed by atoms with Crippen LogP contribution in [-0.4, -0.2) is 45.7 Å². The highest BCUT2D eigenvalue weighted by atomic mass is 32.2. The van der Waals surface area contributed by atoms with Crippen LogP contribution in [0.3, 0.4) is 0 Å². The highest BCUT2D eigenvalue weighted by Gasteiger charge is 2.09. The third-order valence-electron chi connectivity index (χ3n) is 4.86. The Labute approximate surface area is 189 Å². The lowest BCUT2D eigenvalue weighted by Crippen LogP contribution is -2.21. The van der Waals surface area contributed by atoms with E-state index in [0.717, 1.165) is 24.2 Å². The molecule has 0 saturated carbocycles. The molecule has 3 rings (SSSR count). The summed E-state index contributed by atoms with van der Waals surface area (Å²) in [5, 5.41) is 2.90. The van der Waals surface area contributed by atoms with E-state index in [2.05, 4.69) is 10.2 Å². The van der Waals surface area contributed by atoms with E-state index >= 15 is 0 Å². The zero-order chi connectivity index (χ0) is 23.0. The Morgan fingerprint density at radius 1 is 0.969 bits per heavy atom. The summed E-state index contributed by atoms with van der Waals surface area (Å²) >= 11 is 0. The Morgan fingerprint density at radius 3 is 2.47 bits per heavy atom. The van der Waals surface area contributed by atoms with Crippen LogP contribution < -0.4 is 10.1 Å². The quantitative estimate of drug-likeness (QED) is 0.466. The van der Waals surface area contributed by atoms with Crippen molar-refractivity contribution in [2.75, 3.05) is 31.8 Å². The zero-order valence-electron chi connectivity index (χ0n) is 18.3. The summed E-state index contributed by atoms with van der Waals surface area (Å²) in [6.45, 7) is 1.99. The van der Waals surface area contributed by atoms with Crippen LogP contribution in [0.4, 0.5) is 5.69 Å². The largest absolute Gasteiger partial charge is 0.494 e. The molecule has 0 aliphatic rings. The first-order valence-corrected chi connectivity index (χ1v) is 12.3. The van der Waals surface area contributed by atoms with Crippen molar-refractivity contribution in [3.05, 3.63) is 90.0 Å². The average Bonchev–Trinajstić information content (AvgIpc) is 2.77. The fourth-order valence-electron chi connectivity index (χ4n) is 3.25. The molecule has 0 heterocycles. The normalized spacial score (nSPS) is 11.3. The van der Waals surface area contributed by atoms with Gasteiger partial charge in [0.15, 0.2) is 9.84 Å². The molecule has 3 aromatic carbocycles. The molecule has 0 saturated heterocycles. The topological polar surface area (TPSA) is 75.7 Å². The maximum Gasteiger partial charge on any atom is 0.255 e. The number of hydrogen-bond donors (Lipinski definition) is 1. The lowest BCUT2D eigenvalue weighted by molar-refractivity contribution is 0.102. The maximum atomic E-state index is 12.5. The summed E-state index contributed by atoms with van der Waals surface area (Å²) in [5.74, 6) is 0.415. The number of carbonyl (C=O) groups is 1. The SMILES string of the molecule is CN(CCCOc1cccc(S(C)(=O)=O)c1)Cc1cccc(C(=O)Nc2ccccc2)c1. The summed E-state index contributed by atoms with van der Waals surface area (Å²) < 4.78 is 29.0. The highest BCUT2D eigenvalue weighted by Crippen LogP contribution is 2.17. The number of amides is 1. The van der Waals surface area contributed by atoms with E-state index in [4.69, 9.17) is 4.74 Å². The monoisotopic (exact) mass is 452 g/mol. The highest BCUT2D eigenvalue weighted by molar-refractivity contribution is 7.90. The second kappa shape index (κ2) is 10.9. The van der Waals surface area contributed by atoms with Crippen molar-refractivity contribution in [3.63, 3.8) is 0 Å². The number of nitrogens with zero attached hydrogens (tertiary/aromatic N) is 1. The lowest BCUT2D eigenvalue weighted by atomic mass is 10.1. The van der Waals surface area contributed by atoms with Crippen LogP contribution in [0.1, 0.15) is 22.3 Å². The summed E-state index contributed by atoms with van der Waals surface area (Å²) in [7, 11) is -1.23. The number of carbonyl (C=O) groups excluding carboxylic acids is 1. The fraction of sp³-hybridized carbons (Fsp3) is 0.240. The van der Waals surface area contributed by atoms with Gasteiger partial charge in [-0.25, -0.2) is 8.42 Å². The minimum absolute atomic E-state index is 0.134. The van der Waals surface area contributed by atoms with Crippen LogP contribution >= 0.6 is 0 Å². The number of anilines is 1. The van der Waals surface area contributed by atoms with Gasteiger partial charge in [0.25, 0.3) is 5.91 Å². The van der Waals surface area contributed by atoms with Gasteiger partial charge in [-0.2, -0.15) is 0 Å². The van der Waals surface area contributed by atoms with Gasteiger partial charge in [-0.1, -0.05) is 36.4 Å². The average molecular weight is 453 g/mol. The maximum absolute atomic E-state index is 12.5. The van der Waals surface area contributed by atoms with Crippen molar-refractivity contribution < 1.29 is 17.9 Å². The molecule has 168 valence electrons. The van der Waals surface area contributed by atoms with E-state index in [1.807, 2.05) is 55.6 Å². The number of para-hydroxylation sites is 1. The Bertz CT molecular complexity index is 1150. The van der Waals surface area contributed by atoms with Crippen LogP contribution in [0.25, 0.3) is 0 Å². The van der Waals surface area contributed by atoms with Crippen molar-refractivity contribution in [2.45, 2.75) is 17.9 Å². The van der Waals surface area contributed by atoms with Crippen molar-refractivity contribution in [1.82, 2.24) is 4.90 Å². The second-order valence-electron chi connectivity index (χ2n) is 7.71. The summed E-state index contributed by atoms with van der Waals surface area (Å²) in [5.41, 5.74) is 2.44. The molecule has 1 amide bonds. The molecule has 0 atom stereocenters. The number of hydrogen-bond acceptors (Lipinski definition) is 5. The third-order valence-corrected chi connectivity index (χ3v) is 5.97. The molecule has 3 aromatic rings. The summed E-state index contributed by atoms with van der Waals surface area (Å²) in [6.07, 6.45) is 1.97. The molecule has 0 fully saturated rings. The fourth-order valence-corrected chi connectivity index (χ4v) is 3.90. The van der Waals surface area contributed by atoms with E-state index in [1.165, 1.54) is 6.26 Å². The van der Waals surface area contributed by atoms with E-state index in [1.54, 1.807) is 30.3 Å². The van der Waals surface area contributed by atoms with Crippen LogP contribution in [-0.2, 0) is 16.4 Å². The van der Waals surface area contributed by atoms with E-state index < -0.39 is 9.84 Å². The van der Waals surface area contributed by atoms with Gasteiger partial charge in [-0.15, -0.1) is 0 Å². The molecule has 6 nitrogen and oxygen atoms in total. The molecule has 0 radical (unpaired) electrons. The van der Waals surface area contributed by atoms with E-state index in [9.17, 15) is 13.2 Å². The van der Waals surface area contributed by atoms with Crippen LogP contribution in [0.5, 0.6) is 5.75 Å². The molecular weight excluding hydrogens is 424 g/mol. The van der Waals surface area contributed by atoms with Crippen LogP contribution in [0, 0.1) is 0 Å². The van der Waals surface area contributed by atoms with Crippen molar-refractivity contribution in [1.29, 1.82) is 0 Å². The number of rotatable bonds is 10. The number of nitrogens with one attached hydrogen (secondary N) is 1. The van der Waals surface area contributed by atoms with Gasteiger partial charge in [0.2, 0.25) is 0 Å². The first-order valence-electron chi connectivity index (χ1n) is 10.4. The second-order valence-corrected chi connectivity index (χ2v) is 9.72. The predicted octanol–water partition coefficient (Wildman–Crippen LogP) is 4.24. The van der Waals surface area contributed by atoms with Crippen molar-refractivity contribution >= 4 is 21.4 Å². The Morgan fingerprint density at radius 2 is 1.72 bits per heavy atom. The molecule has 7 heteroatoms. The molecule has 0 aromatic heterocycles. The summed E-state index contributed by atoms with van der Waals surface area (Å²) in [4.78, 5) is 14.9. The molecular formula is C25H28N2O4S. The first-order chi connectivity index (χ1) is 15.3. The number of benzene rings is 3. The summed E-state index contributed by atoms with van der Waals surface area (Å²) in [6, 6.07) is 23.5. The van der Waals surface area contributed by atoms with Gasteiger partial charge in [-0.05, 0) is 61.5 Å². The van der Waals surface area contributed by atoms with Crippen molar-refractivity contribution in [2.24, 2.45) is 0 Å².